The Hall–Kier alpha value is -2.70. The lowest BCUT2D eigenvalue weighted by molar-refractivity contribution is -0.136. The van der Waals surface area contributed by atoms with Crippen molar-refractivity contribution in [1.82, 2.24) is 10.2 Å². The van der Waals surface area contributed by atoms with E-state index in [0.717, 1.165) is 16.7 Å². The Labute approximate surface area is 158 Å². The molecule has 0 saturated carbocycles. The molecular weight excluding hydrogens is 415 g/mol. The van der Waals surface area contributed by atoms with Crippen molar-refractivity contribution < 1.29 is 45.9 Å². The van der Waals surface area contributed by atoms with Crippen molar-refractivity contribution in [2.45, 2.75) is 12.8 Å². The Morgan fingerprint density at radius 2 is 1.54 bits per heavy atom. The van der Waals surface area contributed by atoms with Crippen LogP contribution in [0, 0.1) is 29.1 Å². The Balaban J connectivity index is 1.82. The molecule has 13 heteroatoms. The number of thioether (sulfide) groups is 1. The molecule has 152 valence electrons. The molecule has 0 aromatic heterocycles. The van der Waals surface area contributed by atoms with Gasteiger partial charge in [0.25, 0.3) is 5.24 Å². The largest absolute Gasteiger partial charge is 0.420 e. The number of nitrogens with zero attached hydrogens (tertiary/aromatic N) is 1. The van der Waals surface area contributed by atoms with Crippen molar-refractivity contribution in [3.8, 4) is 5.75 Å². The number of amides is 3. The molecule has 0 aliphatic carbocycles. The minimum Gasteiger partial charge on any atom is -0.420 e. The number of ether oxygens (including phenoxy) is 1. The highest BCUT2D eigenvalue weighted by atomic mass is 32.2. The summed E-state index contributed by atoms with van der Waals surface area (Å²) in [6, 6.07) is 0. The van der Waals surface area contributed by atoms with Crippen molar-refractivity contribution in [2.75, 3.05) is 18.8 Å². The first-order valence-electron chi connectivity index (χ1n) is 7.59. The molecule has 1 aliphatic heterocycles. The summed E-state index contributed by atoms with van der Waals surface area (Å²) in [5.74, 6) is -15.9. The number of rotatable bonds is 7. The van der Waals surface area contributed by atoms with Crippen LogP contribution in [-0.2, 0) is 14.4 Å². The summed E-state index contributed by atoms with van der Waals surface area (Å²) in [6.07, 6.45) is -1.24. The number of hydrogen-bond donors (Lipinski definition) is 1. The van der Waals surface area contributed by atoms with Crippen LogP contribution in [0.4, 0.5) is 26.7 Å². The van der Waals surface area contributed by atoms with Gasteiger partial charge in [-0.3, -0.25) is 24.1 Å². The molecule has 3 amide bonds. The van der Waals surface area contributed by atoms with Gasteiger partial charge < -0.3 is 10.1 Å². The fraction of sp³-hybridized carbons (Fsp3) is 0.333. The molecule has 1 saturated heterocycles. The summed E-state index contributed by atoms with van der Waals surface area (Å²) < 4.78 is 69.9. The average Bonchev–Trinajstić information content (AvgIpc) is 2.98. The van der Waals surface area contributed by atoms with Crippen molar-refractivity contribution in [1.29, 1.82) is 0 Å². The van der Waals surface area contributed by atoms with E-state index in [1.54, 1.807) is 0 Å². The topological polar surface area (TPSA) is 92.8 Å². The van der Waals surface area contributed by atoms with Gasteiger partial charge in [0, 0.05) is 19.5 Å². The summed E-state index contributed by atoms with van der Waals surface area (Å²) >= 11 is 0.818. The Bertz CT molecular complexity index is 806. The van der Waals surface area contributed by atoms with Crippen molar-refractivity contribution in [2.24, 2.45) is 0 Å². The summed E-state index contributed by atoms with van der Waals surface area (Å²) in [7, 11) is 0. The third-order valence-electron chi connectivity index (χ3n) is 3.44. The third-order valence-corrected chi connectivity index (χ3v) is 4.30. The first-order valence-corrected chi connectivity index (χ1v) is 8.58. The molecule has 1 N–H and O–H groups in total. The quantitative estimate of drug-likeness (QED) is 0.235. The van der Waals surface area contributed by atoms with Crippen LogP contribution in [0.2, 0.25) is 0 Å². The van der Waals surface area contributed by atoms with Crippen LogP contribution in [-0.4, -0.2) is 46.8 Å². The Kier molecular flexibility index (Phi) is 6.94. The molecule has 1 aromatic rings. The molecule has 7 nitrogen and oxygen atoms in total. The van der Waals surface area contributed by atoms with Gasteiger partial charge in [-0.1, -0.05) is 11.8 Å². The second-order valence-corrected chi connectivity index (χ2v) is 6.25. The normalized spacial score (nSPS) is 13.8. The maximum absolute atomic E-state index is 13.4. The van der Waals surface area contributed by atoms with E-state index in [4.69, 9.17) is 0 Å². The highest BCUT2D eigenvalue weighted by Crippen LogP contribution is 2.29. The molecule has 1 heterocycles. The fourth-order valence-corrected chi connectivity index (χ4v) is 2.80. The number of carbonyl (C=O) groups excluding carboxylic acids is 4. The van der Waals surface area contributed by atoms with E-state index in [1.165, 1.54) is 0 Å². The highest BCUT2D eigenvalue weighted by molar-refractivity contribution is 8.14. The lowest BCUT2D eigenvalue weighted by Gasteiger charge is -2.13. The zero-order chi connectivity index (χ0) is 21.0. The van der Waals surface area contributed by atoms with Gasteiger partial charge in [0.1, 0.15) is 0 Å². The molecule has 0 atom stereocenters. The average molecular weight is 426 g/mol. The van der Waals surface area contributed by atoms with E-state index in [2.05, 4.69) is 10.1 Å². The minimum atomic E-state index is -2.40. The molecule has 1 fully saturated rings. The number of esters is 1. The maximum atomic E-state index is 13.4. The molecule has 0 radical (unpaired) electrons. The zero-order valence-corrected chi connectivity index (χ0v) is 14.6. The standard InChI is InChI=1S/C15H11F5N2O5S/c16-9-10(17)12(19)14(13(20)11(9)18)27-8(25)2-1-6(23)21-3-4-22-7(24)5-28-15(22)26/h1-5H2,(H,21,23). The highest BCUT2D eigenvalue weighted by Gasteiger charge is 2.30. The van der Waals surface area contributed by atoms with Gasteiger partial charge in [-0.25, -0.2) is 13.2 Å². The fourth-order valence-electron chi connectivity index (χ4n) is 2.05. The number of halogens is 5. The number of imide groups is 1. The van der Waals surface area contributed by atoms with Crippen LogP contribution in [0.25, 0.3) is 0 Å². The monoisotopic (exact) mass is 426 g/mol. The van der Waals surface area contributed by atoms with Crippen LogP contribution in [0.15, 0.2) is 0 Å². The van der Waals surface area contributed by atoms with E-state index in [-0.39, 0.29) is 18.8 Å². The van der Waals surface area contributed by atoms with Crippen LogP contribution in [0.3, 0.4) is 0 Å². The molecule has 0 bridgehead atoms. The summed E-state index contributed by atoms with van der Waals surface area (Å²) in [6.45, 7) is -0.172. The second kappa shape index (κ2) is 8.99. The first kappa shape index (κ1) is 21.6. The van der Waals surface area contributed by atoms with Gasteiger partial charge in [-0.15, -0.1) is 0 Å². The predicted molar refractivity (Wildman–Crippen MR) is 83.7 cm³/mol. The molecule has 0 spiro atoms. The van der Waals surface area contributed by atoms with Crippen LogP contribution < -0.4 is 10.1 Å². The lowest BCUT2D eigenvalue weighted by Crippen LogP contribution is -2.37. The van der Waals surface area contributed by atoms with Crippen molar-refractivity contribution in [3.05, 3.63) is 29.1 Å². The van der Waals surface area contributed by atoms with E-state index in [0.29, 0.717) is 0 Å². The van der Waals surface area contributed by atoms with E-state index in [1.807, 2.05) is 0 Å². The molecular formula is C15H11F5N2O5S. The molecule has 2 rings (SSSR count). The Morgan fingerprint density at radius 1 is 0.964 bits per heavy atom. The number of carbonyl (C=O) groups is 4. The second-order valence-electron chi connectivity index (χ2n) is 5.32. The Morgan fingerprint density at radius 3 is 2.07 bits per heavy atom. The predicted octanol–water partition coefficient (Wildman–Crippen LogP) is 1.88. The zero-order valence-electron chi connectivity index (χ0n) is 13.8. The third kappa shape index (κ3) is 4.77. The summed E-state index contributed by atoms with van der Waals surface area (Å²) in [5, 5.41) is 1.85. The summed E-state index contributed by atoms with van der Waals surface area (Å²) in [5.41, 5.74) is 0. The number of hydrogen-bond acceptors (Lipinski definition) is 6. The number of nitrogens with one attached hydrogen (secondary N) is 1. The van der Waals surface area contributed by atoms with Crippen LogP contribution in [0.5, 0.6) is 5.75 Å². The smallest absolute Gasteiger partial charge is 0.311 e. The molecule has 1 aromatic carbocycles. The SMILES string of the molecule is O=C(CCC(=O)Oc1c(F)c(F)c(F)c(F)c1F)NCCN1C(=O)CSC1=O. The molecule has 0 unspecified atom stereocenters. The van der Waals surface area contributed by atoms with Crippen LogP contribution >= 0.6 is 11.8 Å². The first-order chi connectivity index (χ1) is 13.1. The van der Waals surface area contributed by atoms with Gasteiger partial charge in [-0.05, 0) is 0 Å². The van der Waals surface area contributed by atoms with Gasteiger partial charge in [-0.2, -0.15) is 8.78 Å². The summed E-state index contributed by atoms with van der Waals surface area (Å²) in [4.78, 5) is 46.7. The van der Waals surface area contributed by atoms with Gasteiger partial charge in [0.05, 0.1) is 12.2 Å². The van der Waals surface area contributed by atoms with Crippen molar-refractivity contribution in [3.63, 3.8) is 0 Å². The lowest BCUT2D eigenvalue weighted by atomic mass is 10.2. The van der Waals surface area contributed by atoms with E-state index < -0.39 is 70.7 Å². The van der Waals surface area contributed by atoms with Gasteiger partial charge >= 0.3 is 5.97 Å². The molecule has 28 heavy (non-hydrogen) atoms. The van der Waals surface area contributed by atoms with Crippen molar-refractivity contribution >= 4 is 34.8 Å². The maximum Gasteiger partial charge on any atom is 0.311 e. The van der Waals surface area contributed by atoms with E-state index >= 15 is 0 Å². The van der Waals surface area contributed by atoms with Crippen LogP contribution in [0.1, 0.15) is 12.8 Å². The van der Waals surface area contributed by atoms with Gasteiger partial charge in [0.15, 0.2) is 0 Å². The molecule has 1 aliphatic rings. The minimum absolute atomic E-state index is 0.0102. The van der Waals surface area contributed by atoms with E-state index in [9.17, 15) is 41.1 Å². The van der Waals surface area contributed by atoms with Gasteiger partial charge in [0.2, 0.25) is 46.6 Å². The number of benzene rings is 1.